The van der Waals surface area contributed by atoms with Gasteiger partial charge in [-0.15, -0.1) is 0 Å². The minimum absolute atomic E-state index is 0.195. The van der Waals surface area contributed by atoms with E-state index in [0.717, 1.165) is 0 Å². The summed E-state index contributed by atoms with van der Waals surface area (Å²) < 4.78 is 12.4. The van der Waals surface area contributed by atoms with Gasteiger partial charge < -0.3 is 5.73 Å². The van der Waals surface area contributed by atoms with Crippen molar-refractivity contribution in [1.29, 1.82) is 5.41 Å². The minimum Gasteiger partial charge on any atom is -0.369 e. The SMILES string of the molecule is N=C(N)NNc1ccc(F)cc1. The average Bonchev–Trinajstić information content (AvgIpc) is 2.03. The Morgan fingerprint density at radius 3 is 2.42 bits per heavy atom. The van der Waals surface area contributed by atoms with Gasteiger partial charge in [-0.25, -0.2) is 4.39 Å². The second-order valence-corrected chi connectivity index (χ2v) is 2.17. The maximum atomic E-state index is 12.4. The first kappa shape index (κ1) is 8.32. The average molecular weight is 168 g/mol. The fourth-order valence-corrected chi connectivity index (χ4v) is 0.673. The van der Waals surface area contributed by atoms with Gasteiger partial charge in [-0.2, -0.15) is 0 Å². The number of halogens is 1. The standard InChI is InChI=1S/C7H9FN4/c8-5-1-3-6(4-2-5)11-12-7(9)10/h1-4,11H,(H4,9,10,12). The molecule has 0 saturated carbocycles. The Labute approximate surface area is 69.1 Å². The van der Waals surface area contributed by atoms with Gasteiger partial charge in [0.15, 0.2) is 0 Å². The van der Waals surface area contributed by atoms with Crippen LogP contribution >= 0.6 is 0 Å². The molecule has 0 spiro atoms. The summed E-state index contributed by atoms with van der Waals surface area (Å²) in [6.07, 6.45) is 0. The first-order valence-corrected chi connectivity index (χ1v) is 3.30. The zero-order valence-electron chi connectivity index (χ0n) is 6.26. The maximum absolute atomic E-state index is 12.4. The molecular formula is C7H9FN4. The quantitative estimate of drug-likeness (QED) is 0.297. The molecule has 4 nitrogen and oxygen atoms in total. The van der Waals surface area contributed by atoms with Gasteiger partial charge in [0, 0.05) is 0 Å². The molecule has 0 atom stereocenters. The molecule has 0 unspecified atom stereocenters. The molecule has 1 aromatic carbocycles. The fraction of sp³-hybridized carbons (Fsp3) is 0. The predicted molar refractivity (Wildman–Crippen MR) is 45.1 cm³/mol. The Kier molecular flexibility index (Phi) is 2.47. The van der Waals surface area contributed by atoms with Crippen LogP contribution in [0.15, 0.2) is 24.3 Å². The van der Waals surface area contributed by atoms with E-state index >= 15 is 0 Å². The Morgan fingerprint density at radius 1 is 1.33 bits per heavy atom. The molecule has 5 N–H and O–H groups in total. The van der Waals surface area contributed by atoms with Crippen LogP contribution in [0.5, 0.6) is 0 Å². The van der Waals surface area contributed by atoms with Crippen molar-refractivity contribution >= 4 is 11.6 Å². The predicted octanol–water partition coefficient (Wildman–Crippen LogP) is 0.636. The third kappa shape index (κ3) is 2.45. The maximum Gasteiger partial charge on any atom is 0.204 e. The van der Waals surface area contributed by atoms with E-state index < -0.39 is 0 Å². The van der Waals surface area contributed by atoms with E-state index in [0.29, 0.717) is 5.69 Å². The number of nitrogens with one attached hydrogen (secondary N) is 3. The lowest BCUT2D eigenvalue weighted by Gasteiger charge is -2.06. The number of guanidine groups is 1. The van der Waals surface area contributed by atoms with Crippen LogP contribution in [0.1, 0.15) is 0 Å². The summed E-state index contributed by atoms with van der Waals surface area (Å²) in [6, 6.07) is 5.69. The molecule has 0 bridgehead atoms. The Bertz CT molecular complexity index is 269. The molecule has 0 aliphatic rings. The molecule has 64 valence electrons. The van der Waals surface area contributed by atoms with E-state index in [4.69, 9.17) is 11.1 Å². The number of nitrogens with two attached hydrogens (primary N) is 1. The van der Waals surface area contributed by atoms with Crippen LogP contribution in [0.4, 0.5) is 10.1 Å². The topological polar surface area (TPSA) is 73.9 Å². The van der Waals surface area contributed by atoms with Gasteiger partial charge in [-0.05, 0) is 24.3 Å². The van der Waals surface area contributed by atoms with E-state index in [1.165, 1.54) is 24.3 Å². The molecule has 0 heterocycles. The fourth-order valence-electron chi connectivity index (χ4n) is 0.673. The molecule has 0 amide bonds. The molecule has 0 aromatic heterocycles. The normalized spacial score (nSPS) is 9.08. The molecule has 1 aromatic rings. The molecular weight excluding hydrogens is 159 g/mol. The summed E-state index contributed by atoms with van der Waals surface area (Å²) >= 11 is 0. The number of benzene rings is 1. The molecule has 5 heteroatoms. The number of rotatable bonds is 2. The van der Waals surface area contributed by atoms with Crippen LogP contribution < -0.4 is 16.6 Å². The van der Waals surface area contributed by atoms with Crippen molar-refractivity contribution in [2.75, 3.05) is 5.43 Å². The monoisotopic (exact) mass is 168 g/mol. The largest absolute Gasteiger partial charge is 0.369 e. The van der Waals surface area contributed by atoms with Gasteiger partial charge in [0.1, 0.15) is 5.82 Å². The van der Waals surface area contributed by atoms with Crippen LogP contribution in [0.2, 0.25) is 0 Å². The van der Waals surface area contributed by atoms with Crippen LogP contribution in [0, 0.1) is 11.2 Å². The second kappa shape index (κ2) is 3.56. The van der Waals surface area contributed by atoms with Crippen LogP contribution in [0.3, 0.4) is 0 Å². The molecule has 1 rings (SSSR count). The first-order chi connectivity index (χ1) is 5.68. The van der Waals surface area contributed by atoms with E-state index in [-0.39, 0.29) is 11.8 Å². The van der Waals surface area contributed by atoms with E-state index in [2.05, 4.69) is 10.9 Å². The van der Waals surface area contributed by atoms with Crippen LogP contribution in [-0.4, -0.2) is 5.96 Å². The Balaban J connectivity index is 2.53. The van der Waals surface area contributed by atoms with E-state index in [9.17, 15) is 4.39 Å². The highest BCUT2D eigenvalue weighted by molar-refractivity contribution is 5.75. The van der Waals surface area contributed by atoms with Gasteiger partial charge in [-0.3, -0.25) is 16.3 Å². The summed E-state index contributed by atoms with van der Waals surface area (Å²) in [6.45, 7) is 0. The van der Waals surface area contributed by atoms with E-state index in [1.807, 2.05) is 0 Å². The van der Waals surface area contributed by atoms with Crippen molar-refractivity contribution in [3.8, 4) is 0 Å². The molecule has 0 saturated heterocycles. The second-order valence-electron chi connectivity index (χ2n) is 2.17. The lowest BCUT2D eigenvalue weighted by atomic mass is 10.3. The number of anilines is 1. The summed E-state index contributed by atoms with van der Waals surface area (Å²) in [5.74, 6) is -0.497. The van der Waals surface area contributed by atoms with Gasteiger partial charge >= 0.3 is 0 Å². The number of hydrogen-bond donors (Lipinski definition) is 4. The minimum atomic E-state index is -0.302. The molecule has 0 aliphatic heterocycles. The number of hydrazine groups is 1. The first-order valence-electron chi connectivity index (χ1n) is 3.30. The summed E-state index contributed by atoms with van der Waals surface area (Å²) in [5.41, 5.74) is 10.6. The van der Waals surface area contributed by atoms with Crippen LogP contribution in [0.25, 0.3) is 0 Å². The lowest BCUT2D eigenvalue weighted by molar-refractivity contribution is 0.628. The van der Waals surface area contributed by atoms with Crippen molar-refractivity contribution < 1.29 is 4.39 Å². The Hall–Kier alpha value is -1.78. The van der Waals surface area contributed by atoms with Gasteiger partial charge in [0.25, 0.3) is 0 Å². The van der Waals surface area contributed by atoms with Crippen molar-refractivity contribution in [3.63, 3.8) is 0 Å². The van der Waals surface area contributed by atoms with Crippen molar-refractivity contribution in [3.05, 3.63) is 30.1 Å². The summed E-state index contributed by atoms with van der Waals surface area (Å²) in [7, 11) is 0. The third-order valence-electron chi connectivity index (χ3n) is 1.19. The van der Waals surface area contributed by atoms with Gasteiger partial charge in [0.05, 0.1) is 5.69 Å². The smallest absolute Gasteiger partial charge is 0.204 e. The highest BCUT2D eigenvalue weighted by Gasteiger charge is 1.91. The summed E-state index contributed by atoms with van der Waals surface area (Å²) in [4.78, 5) is 0. The van der Waals surface area contributed by atoms with Crippen molar-refractivity contribution in [1.82, 2.24) is 5.43 Å². The van der Waals surface area contributed by atoms with Gasteiger partial charge in [-0.1, -0.05) is 0 Å². The third-order valence-corrected chi connectivity index (χ3v) is 1.19. The highest BCUT2D eigenvalue weighted by atomic mass is 19.1. The number of hydrogen-bond acceptors (Lipinski definition) is 2. The zero-order valence-corrected chi connectivity index (χ0v) is 6.26. The van der Waals surface area contributed by atoms with Crippen LogP contribution in [-0.2, 0) is 0 Å². The highest BCUT2D eigenvalue weighted by Crippen LogP contribution is 2.05. The molecule has 12 heavy (non-hydrogen) atoms. The van der Waals surface area contributed by atoms with Crippen molar-refractivity contribution in [2.45, 2.75) is 0 Å². The van der Waals surface area contributed by atoms with E-state index in [1.54, 1.807) is 0 Å². The molecule has 0 radical (unpaired) electrons. The molecule has 0 aliphatic carbocycles. The van der Waals surface area contributed by atoms with Crippen molar-refractivity contribution in [2.24, 2.45) is 5.73 Å². The zero-order chi connectivity index (χ0) is 8.97. The molecule has 0 fully saturated rings. The summed E-state index contributed by atoms with van der Waals surface area (Å²) in [5, 5.41) is 6.82. The van der Waals surface area contributed by atoms with Gasteiger partial charge in [0.2, 0.25) is 5.96 Å². The Morgan fingerprint density at radius 2 is 1.92 bits per heavy atom. The lowest BCUT2D eigenvalue weighted by Crippen LogP contribution is -2.34.